The minimum absolute atomic E-state index is 0.793. The maximum absolute atomic E-state index is 4.45. The van der Waals surface area contributed by atoms with Gasteiger partial charge in [-0.1, -0.05) is 24.3 Å². The summed E-state index contributed by atoms with van der Waals surface area (Å²) in [6.07, 6.45) is 3.74. The van der Waals surface area contributed by atoms with Gasteiger partial charge in [-0.15, -0.1) is 6.58 Å². The van der Waals surface area contributed by atoms with Crippen LogP contribution in [0, 0.1) is 0 Å². The van der Waals surface area contributed by atoms with E-state index in [0.29, 0.717) is 0 Å². The predicted molar refractivity (Wildman–Crippen MR) is 67.4 cm³/mol. The third kappa shape index (κ3) is 1.16. The van der Waals surface area contributed by atoms with Crippen molar-refractivity contribution in [3.63, 3.8) is 0 Å². The monoisotopic (exact) mass is 208 g/mol. The van der Waals surface area contributed by atoms with Crippen LogP contribution in [0.2, 0.25) is 0 Å². The van der Waals surface area contributed by atoms with E-state index in [1.54, 1.807) is 0 Å². The standard InChI is InChI=1S/C14H12N2/c1-2-10-16-13-8-4-3-6-11(13)12-7-5-9-15-14(12)16/h2-9H,1,10H2. The quantitative estimate of drug-likeness (QED) is 0.590. The summed E-state index contributed by atoms with van der Waals surface area (Å²) in [5.74, 6) is 0. The summed E-state index contributed by atoms with van der Waals surface area (Å²) < 4.78 is 2.19. The lowest BCUT2D eigenvalue weighted by molar-refractivity contribution is 0.886. The van der Waals surface area contributed by atoms with E-state index in [4.69, 9.17) is 0 Å². The molecule has 0 atom stereocenters. The second-order valence-electron chi connectivity index (χ2n) is 3.79. The van der Waals surface area contributed by atoms with E-state index in [-0.39, 0.29) is 0 Å². The van der Waals surface area contributed by atoms with Crippen LogP contribution in [-0.2, 0) is 6.54 Å². The van der Waals surface area contributed by atoms with Crippen LogP contribution in [0.4, 0.5) is 0 Å². The molecule has 0 unspecified atom stereocenters. The van der Waals surface area contributed by atoms with Crippen LogP contribution < -0.4 is 0 Å². The number of fused-ring (bicyclic) bond motifs is 3. The molecule has 0 aliphatic heterocycles. The number of benzene rings is 1. The number of nitrogens with zero attached hydrogens (tertiary/aromatic N) is 2. The van der Waals surface area contributed by atoms with Crippen LogP contribution in [0.5, 0.6) is 0 Å². The number of rotatable bonds is 2. The summed E-state index contributed by atoms with van der Waals surface area (Å²) in [7, 11) is 0. The molecule has 16 heavy (non-hydrogen) atoms. The Morgan fingerprint density at radius 2 is 1.94 bits per heavy atom. The Labute approximate surface area is 93.8 Å². The summed E-state index contributed by atoms with van der Waals surface area (Å²) in [5.41, 5.74) is 2.25. The number of pyridine rings is 1. The minimum atomic E-state index is 0.793. The van der Waals surface area contributed by atoms with Crippen LogP contribution in [0.25, 0.3) is 21.9 Å². The topological polar surface area (TPSA) is 17.8 Å². The molecule has 2 nitrogen and oxygen atoms in total. The van der Waals surface area contributed by atoms with Gasteiger partial charge in [-0.25, -0.2) is 4.98 Å². The molecule has 2 heterocycles. The van der Waals surface area contributed by atoms with Crippen molar-refractivity contribution >= 4 is 21.9 Å². The average molecular weight is 208 g/mol. The molecule has 0 bridgehead atoms. The highest BCUT2D eigenvalue weighted by atomic mass is 15.0. The molecule has 0 aliphatic carbocycles. The van der Waals surface area contributed by atoms with Gasteiger partial charge in [0.25, 0.3) is 0 Å². The zero-order valence-electron chi connectivity index (χ0n) is 8.93. The molecule has 2 aromatic heterocycles. The number of allylic oxidation sites excluding steroid dienone is 1. The molecule has 1 aromatic carbocycles. The number of hydrogen-bond donors (Lipinski definition) is 0. The van der Waals surface area contributed by atoms with Crippen molar-refractivity contribution in [2.45, 2.75) is 6.54 Å². The molecule has 0 radical (unpaired) electrons. The highest BCUT2D eigenvalue weighted by Crippen LogP contribution is 2.26. The van der Waals surface area contributed by atoms with Crippen LogP contribution in [0.3, 0.4) is 0 Å². The molecular formula is C14H12N2. The van der Waals surface area contributed by atoms with Gasteiger partial charge in [0, 0.05) is 23.5 Å². The van der Waals surface area contributed by atoms with E-state index >= 15 is 0 Å². The first-order chi connectivity index (χ1) is 7.92. The van der Waals surface area contributed by atoms with Gasteiger partial charge >= 0.3 is 0 Å². The lowest BCUT2D eigenvalue weighted by Gasteiger charge is -2.01. The van der Waals surface area contributed by atoms with Gasteiger partial charge < -0.3 is 4.57 Å². The molecule has 0 saturated heterocycles. The van der Waals surface area contributed by atoms with E-state index in [0.717, 1.165) is 12.2 Å². The smallest absolute Gasteiger partial charge is 0.141 e. The van der Waals surface area contributed by atoms with Gasteiger partial charge in [-0.2, -0.15) is 0 Å². The molecular weight excluding hydrogens is 196 g/mol. The zero-order chi connectivity index (χ0) is 11.0. The molecule has 0 aliphatic rings. The Morgan fingerprint density at radius 3 is 2.81 bits per heavy atom. The highest BCUT2D eigenvalue weighted by molar-refractivity contribution is 6.06. The lowest BCUT2D eigenvalue weighted by atomic mass is 10.2. The minimum Gasteiger partial charge on any atom is -0.321 e. The van der Waals surface area contributed by atoms with E-state index in [9.17, 15) is 0 Å². The molecule has 0 N–H and O–H groups in total. The van der Waals surface area contributed by atoms with Crippen molar-refractivity contribution in [1.29, 1.82) is 0 Å². The van der Waals surface area contributed by atoms with E-state index in [2.05, 4.69) is 46.5 Å². The number of para-hydroxylation sites is 1. The normalized spacial score (nSPS) is 11.0. The van der Waals surface area contributed by atoms with Crippen molar-refractivity contribution in [2.75, 3.05) is 0 Å². The molecule has 0 spiro atoms. The van der Waals surface area contributed by atoms with Gasteiger partial charge in [0.2, 0.25) is 0 Å². The van der Waals surface area contributed by atoms with Crippen molar-refractivity contribution < 1.29 is 0 Å². The van der Waals surface area contributed by atoms with Gasteiger partial charge in [-0.05, 0) is 18.2 Å². The Balaban J connectivity index is 2.53. The predicted octanol–water partition coefficient (Wildman–Crippen LogP) is 3.38. The first-order valence-electron chi connectivity index (χ1n) is 5.34. The van der Waals surface area contributed by atoms with Crippen molar-refractivity contribution in [1.82, 2.24) is 9.55 Å². The number of hydrogen-bond acceptors (Lipinski definition) is 1. The molecule has 78 valence electrons. The van der Waals surface area contributed by atoms with Crippen molar-refractivity contribution in [3.05, 3.63) is 55.3 Å². The van der Waals surface area contributed by atoms with Crippen LogP contribution >= 0.6 is 0 Å². The maximum atomic E-state index is 4.45. The van der Waals surface area contributed by atoms with Crippen molar-refractivity contribution in [2.24, 2.45) is 0 Å². The molecule has 0 amide bonds. The fraction of sp³-hybridized carbons (Fsp3) is 0.0714. The molecule has 3 rings (SSSR count). The lowest BCUT2D eigenvalue weighted by Crippen LogP contribution is -1.95. The summed E-state index contributed by atoms with van der Waals surface area (Å²) >= 11 is 0. The van der Waals surface area contributed by atoms with E-state index < -0.39 is 0 Å². The fourth-order valence-electron chi connectivity index (χ4n) is 2.19. The molecule has 0 fully saturated rings. The summed E-state index contributed by atoms with van der Waals surface area (Å²) in [6, 6.07) is 12.5. The molecule has 2 heteroatoms. The third-order valence-corrected chi connectivity index (χ3v) is 2.84. The maximum Gasteiger partial charge on any atom is 0.141 e. The fourth-order valence-corrected chi connectivity index (χ4v) is 2.19. The first kappa shape index (κ1) is 9.16. The number of aromatic nitrogens is 2. The average Bonchev–Trinajstić information content (AvgIpc) is 2.66. The van der Waals surface area contributed by atoms with Gasteiger partial charge in [0.15, 0.2) is 0 Å². The Kier molecular flexibility index (Phi) is 2.00. The second-order valence-corrected chi connectivity index (χ2v) is 3.79. The van der Waals surface area contributed by atoms with Gasteiger partial charge in [-0.3, -0.25) is 0 Å². The van der Waals surface area contributed by atoms with Crippen LogP contribution in [-0.4, -0.2) is 9.55 Å². The summed E-state index contributed by atoms with van der Waals surface area (Å²) in [6.45, 7) is 4.59. The Morgan fingerprint density at radius 1 is 1.12 bits per heavy atom. The van der Waals surface area contributed by atoms with Gasteiger partial charge in [0.05, 0.1) is 5.52 Å². The zero-order valence-corrected chi connectivity index (χ0v) is 8.93. The summed E-state index contributed by atoms with van der Waals surface area (Å²) in [4.78, 5) is 4.45. The second kappa shape index (κ2) is 3.49. The first-order valence-corrected chi connectivity index (χ1v) is 5.34. The Bertz CT molecular complexity index is 611. The van der Waals surface area contributed by atoms with Crippen LogP contribution in [0.1, 0.15) is 0 Å². The summed E-state index contributed by atoms with van der Waals surface area (Å²) in [5, 5.41) is 2.47. The third-order valence-electron chi connectivity index (χ3n) is 2.84. The highest BCUT2D eigenvalue weighted by Gasteiger charge is 2.08. The van der Waals surface area contributed by atoms with E-state index in [1.165, 1.54) is 16.3 Å². The van der Waals surface area contributed by atoms with Gasteiger partial charge in [0.1, 0.15) is 5.65 Å². The van der Waals surface area contributed by atoms with E-state index in [1.807, 2.05) is 18.3 Å². The van der Waals surface area contributed by atoms with Crippen molar-refractivity contribution in [3.8, 4) is 0 Å². The molecule has 0 saturated carbocycles. The van der Waals surface area contributed by atoms with Crippen LogP contribution in [0.15, 0.2) is 55.3 Å². The Hall–Kier alpha value is -2.09. The SMILES string of the molecule is C=CCn1c2ccccc2c2cccnc21. The molecule has 3 aromatic rings. The largest absolute Gasteiger partial charge is 0.321 e.